The predicted molar refractivity (Wildman–Crippen MR) is 87.7 cm³/mol. The van der Waals surface area contributed by atoms with E-state index in [1.54, 1.807) is 32.5 Å². The normalized spacial score (nSPS) is 13.5. The average molecular weight is 355 g/mol. The number of ketones is 1. The quantitative estimate of drug-likeness (QED) is 0.636. The van der Waals surface area contributed by atoms with Gasteiger partial charge in [-0.25, -0.2) is 4.79 Å². The first-order valence-corrected chi connectivity index (χ1v) is 9.90. The molecular formula is C13H26NO6PS. The summed E-state index contributed by atoms with van der Waals surface area (Å²) < 4.78 is 26.7. The van der Waals surface area contributed by atoms with E-state index in [2.05, 4.69) is 5.32 Å². The highest BCUT2D eigenvalue weighted by Gasteiger charge is 2.31. The summed E-state index contributed by atoms with van der Waals surface area (Å²) in [5.41, 5.74) is -0.661. The molecule has 0 aliphatic carbocycles. The third-order valence-corrected chi connectivity index (χ3v) is 5.05. The molecule has 1 unspecified atom stereocenters. The second-order valence-electron chi connectivity index (χ2n) is 5.58. The largest absolute Gasteiger partial charge is 0.444 e. The molecule has 7 nitrogen and oxygen atoms in total. The Kier molecular flexibility index (Phi) is 9.31. The van der Waals surface area contributed by atoms with Crippen molar-refractivity contribution >= 4 is 31.2 Å². The molecular weight excluding hydrogens is 329 g/mol. The number of rotatable bonds is 9. The molecule has 0 radical (unpaired) electrons. The molecule has 1 N–H and O–H groups in total. The van der Waals surface area contributed by atoms with E-state index >= 15 is 0 Å². The fraction of sp³-hybridized carbons (Fsp3) is 0.846. The van der Waals surface area contributed by atoms with Crippen molar-refractivity contribution in [2.24, 2.45) is 0 Å². The van der Waals surface area contributed by atoms with Gasteiger partial charge in [-0.3, -0.25) is 9.36 Å². The number of hydrogen-bond donors (Lipinski definition) is 1. The second kappa shape index (κ2) is 9.55. The highest BCUT2D eigenvalue weighted by atomic mass is 32.2. The van der Waals surface area contributed by atoms with Crippen molar-refractivity contribution in [2.45, 2.75) is 38.8 Å². The lowest BCUT2D eigenvalue weighted by atomic mass is 10.1. The molecule has 9 heteroatoms. The fourth-order valence-corrected chi connectivity index (χ4v) is 2.98. The van der Waals surface area contributed by atoms with Gasteiger partial charge in [-0.1, -0.05) is 0 Å². The number of hydrogen-bond acceptors (Lipinski definition) is 7. The number of carbonyl (C=O) groups excluding carboxylic acids is 2. The zero-order chi connectivity index (χ0) is 17.4. The maximum Gasteiger partial charge on any atom is 0.408 e. The highest BCUT2D eigenvalue weighted by molar-refractivity contribution is 7.98. The van der Waals surface area contributed by atoms with E-state index in [4.69, 9.17) is 13.8 Å². The lowest BCUT2D eigenvalue weighted by Crippen LogP contribution is -2.44. The number of nitrogens with one attached hydrogen (secondary N) is 1. The van der Waals surface area contributed by atoms with Crippen LogP contribution in [0.15, 0.2) is 0 Å². The highest BCUT2D eigenvalue weighted by Crippen LogP contribution is 2.46. The molecule has 0 spiro atoms. The lowest BCUT2D eigenvalue weighted by Gasteiger charge is -2.23. The van der Waals surface area contributed by atoms with E-state index in [-0.39, 0.29) is 0 Å². The van der Waals surface area contributed by atoms with E-state index in [0.29, 0.717) is 12.2 Å². The van der Waals surface area contributed by atoms with Crippen LogP contribution in [0.1, 0.15) is 27.2 Å². The molecule has 0 aromatic carbocycles. The standard InChI is InChI=1S/C13H26NO6PS/c1-13(2,3)20-12(16)14-10(7-8-22-6)11(15)9-21(17,18-4)19-5/h10H,7-9H2,1-6H3,(H,14,16). The van der Waals surface area contributed by atoms with Crippen molar-refractivity contribution in [1.82, 2.24) is 5.32 Å². The van der Waals surface area contributed by atoms with Crippen molar-refractivity contribution in [2.75, 3.05) is 32.4 Å². The maximum atomic E-state index is 12.3. The predicted octanol–water partition coefficient (Wildman–Crippen LogP) is 2.69. The van der Waals surface area contributed by atoms with Crippen LogP contribution in [0.5, 0.6) is 0 Å². The van der Waals surface area contributed by atoms with E-state index in [0.717, 1.165) is 0 Å². The molecule has 22 heavy (non-hydrogen) atoms. The molecule has 0 fully saturated rings. The van der Waals surface area contributed by atoms with E-state index < -0.39 is 37.3 Å². The summed E-state index contributed by atoms with van der Waals surface area (Å²) in [6, 6.07) is -0.791. The summed E-state index contributed by atoms with van der Waals surface area (Å²) in [5.74, 6) is 0.253. The number of carbonyl (C=O) groups is 2. The summed E-state index contributed by atoms with van der Waals surface area (Å²) in [4.78, 5) is 24.1. The zero-order valence-electron chi connectivity index (χ0n) is 14.0. The molecule has 0 heterocycles. The van der Waals surface area contributed by atoms with Gasteiger partial charge in [0, 0.05) is 14.2 Å². The van der Waals surface area contributed by atoms with Gasteiger partial charge < -0.3 is 19.1 Å². The van der Waals surface area contributed by atoms with Gasteiger partial charge in [0.15, 0.2) is 5.78 Å². The molecule has 0 rings (SSSR count). The Balaban J connectivity index is 4.85. The molecule has 1 atom stereocenters. The first kappa shape index (κ1) is 21.4. The van der Waals surface area contributed by atoms with Crippen molar-refractivity contribution in [1.29, 1.82) is 0 Å². The van der Waals surface area contributed by atoms with E-state index in [1.807, 2.05) is 6.26 Å². The summed E-state index contributed by atoms with van der Waals surface area (Å²) in [6.07, 6.45) is 1.22. The van der Waals surface area contributed by atoms with Crippen LogP contribution >= 0.6 is 19.4 Å². The van der Waals surface area contributed by atoms with Gasteiger partial charge in [0.1, 0.15) is 11.8 Å². The summed E-state index contributed by atoms with van der Waals surface area (Å²) in [6.45, 7) is 5.19. The number of ether oxygens (including phenoxy) is 1. The molecule has 130 valence electrons. The Labute approximate surface area is 136 Å². The molecule has 0 aliphatic heterocycles. The fourth-order valence-electron chi connectivity index (χ4n) is 1.50. The van der Waals surface area contributed by atoms with Gasteiger partial charge >= 0.3 is 13.7 Å². The van der Waals surface area contributed by atoms with Crippen molar-refractivity contribution in [3.8, 4) is 0 Å². The Morgan fingerprint density at radius 3 is 2.18 bits per heavy atom. The van der Waals surface area contributed by atoms with Crippen molar-refractivity contribution < 1.29 is 27.9 Å². The molecule has 0 aliphatic rings. The summed E-state index contributed by atoms with van der Waals surface area (Å²) in [5, 5.41) is 2.52. The summed E-state index contributed by atoms with van der Waals surface area (Å²) in [7, 11) is -1.02. The third kappa shape index (κ3) is 8.78. The molecule has 0 aromatic rings. The monoisotopic (exact) mass is 355 g/mol. The van der Waals surface area contributed by atoms with Crippen molar-refractivity contribution in [3.63, 3.8) is 0 Å². The molecule has 0 bridgehead atoms. The van der Waals surface area contributed by atoms with Gasteiger partial charge in [0.05, 0.1) is 6.04 Å². The van der Waals surface area contributed by atoms with E-state index in [9.17, 15) is 14.2 Å². The van der Waals surface area contributed by atoms with Crippen LogP contribution in [0.2, 0.25) is 0 Å². The van der Waals surface area contributed by atoms with Crippen LogP contribution in [0.4, 0.5) is 4.79 Å². The Morgan fingerprint density at radius 1 is 1.23 bits per heavy atom. The van der Waals surface area contributed by atoms with Gasteiger partial charge in [-0.2, -0.15) is 11.8 Å². The molecule has 1 amide bonds. The van der Waals surface area contributed by atoms with Gasteiger partial charge in [-0.05, 0) is 39.2 Å². The first-order chi connectivity index (χ1) is 10.1. The van der Waals surface area contributed by atoms with Crippen LogP contribution < -0.4 is 5.32 Å². The van der Waals surface area contributed by atoms with Crippen LogP contribution in [-0.4, -0.2) is 55.9 Å². The molecule has 0 saturated carbocycles. The number of Topliss-reactive ketones (excluding diaryl/α,β-unsaturated/α-hetero) is 1. The zero-order valence-corrected chi connectivity index (χ0v) is 15.7. The Bertz CT molecular complexity index is 415. The van der Waals surface area contributed by atoms with E-state index in [1.165, 1.54) is 14.2 Å². The minimum Gasteiger partial charge on any atom is -0.444 e. The topological polar surface area (TPSA) is 90.9 Å². The number of thioether (sulfide) groups is 1. The Hall–Kier alpha value is -0.560. The van der Waals surface area contributed by atoms with Crippen molar-refractivity contribution in [3.05, 3.63) is 0 Å². The molecule has 0 aromatic heterocycles. The van der Waals surface area contributed by atoms with Gasteiger partial charge in [-0.15, -0.1) is 0 Å². The minimum absolute atomic E-state index is 0.394. The van der Waals surface area contributed by atoms with Crippen LogP contribution in [0, 0.1) is 0 Å². The first-order valence-electron chi connectivity index (χ1n) is 6.78. The lowest BCUT2D eigenvalue weighted by molar-refractivity contribution is -0.119. The smallest absolute Gasteiger partial charge is 0.408 e. The average Bonchev–Trinajstić information content (AvgIpc) is 2.41. The Morgan fingerprint density at radius 2 is 1.77 bits per heavy atom. The van der Waals surface area contributed by atoms with Gasteiger partial charge in [0.2, 0.25) is 0 Å². The minimum atomic E-state index is -3.46. The third-order valence-electron chi connectivity index (χ3n) is 2.60. The molecule has 0 saturated heterocycles. The van der Waals surface area contributed by atoms with Crippen LogP contribution in [0.3, 0.4) is 0 Å². The second-order valence-corrected chi connectivity index (χ2v) is 8.83. The number of amides is 1. The SMILES string of the molecule is COP(=O)(CC(=O)C(CCSC)NC(=O)OC(C)(C)C)OC. The van der Waals surface area contributed by atoms with Crippen LogP contribution in [0.25, 0.3) is 0 Å². The van der Waals surface area contributed by atoms with Gasteiger partial charge in [0.25, 0.3) is 0 Å². The number of alkyl carbamates (subject to hydrolysis) is 1. The van der Waals surface area contributed by atoms with Crippen LogP contribution in [-0.2, 0) is 23.1 Å². The maximum absolute atomic E-state index is 12.3. The summed E-state index contributed by atoms with van der Waals surface area (Å²) >= 11 is 1.54.